The van der Waals surface area contributed by atoms with Crippen LogP contribution in [0.15, 0.2) is 72.8 Å². The Kier molecular flexibility index (Phi) is 5.39. The predicted molar refractivity (Wildman–Crippen MR) is 111 cm³/mol. The Morgan fingerprint density at radius 2 is 1.42 bits per heavy atom. The van der Waals surface area contributed by atoms with E-state index in [1.54, 1.807) is 18.2 Å². The van der Waals surface area contributed by atoms with Gasteiger partial charge in [0.1, 0.15) is 5.82 Å². The van der Waals surface area contributed by atoms with Crippen molar-refractivity contribution in [2.45, 2.75) is 19.7 Å². The lowest BCUT2D eigenvalue weighted by atomic mass is 9.96. The van der Waals surface area contributed by atoms with E-state index in [0.717, 1.165) is 29.7 Å². The fourth-order valence-electron chi connectivity index (χ4n) is 3.50. The number of rotatable bonds is 4. The van der Waals surface area contributed by atoms with Crippen LogP contribution in [0.5, 0.6) is 5.75 Å². The van der Waals surface area contributed by atoms with Gasteiger partial charge in [0.2, 0.25) is 0 Å². The van der Waals surface area contributed by atoms with E-state index >= 15 is 4.39 Å². The van der Waals surface area contributed by atoms with E-state index in [1.807, 2.05) is 30.3 Å². The third-order valence-corrected chi connectivity index (χ3v) is 5.12. The number of hydrogen-bond acceptors (Lipinski definition) is 1. The van der Waals surface area contributed by atoms with Crippen LogP contribution < -0.4 is 4.74 Å². The maximum atomic E-state index is 15.2. The van der Waals surface area contributed by atoms with Crippen molar-refractivity contribution in [3.05, 3.63) is 90.0 Å². The lowest BCUT2D eigenvalue weighted by Crippen LogP contribution is -2.17. The van der Waals surface area contributed by atoms with Gasteiger partial charge >= 0.3 is 6.36 Å². The van der Waals surface area contributed by atoms with Crippen molar-refractivity contribution in [3.63, 3.8) is 0 Å². The van der Waals surface area contributed by atoms with Crippen LogP contribution in [0.2, 0.25) is 0 Å². The molecule has 0 spiro atoms. The molecular weight excluding hydrogens is 411 g/mol. The molecule has 4 rings (SSSR count). The first-order valence-electron chi connectivity index (χ1n) is 9.62. The Hall–Kier alpha value is -3.41. The molecule has 0 heterocycles. The highest BCUT2D eigenvalue weighted by molar-refractivity contribution is 5.91. The van der Waals surface area contributed by atoms with Crippen molar-refractivity contribution in [1.29, 1.82) is 0 Å². The molecule has 0 aliphatic rings. The number of hydrogen-bond donors (Lipinski definition) is 0. The molecule has 0 aliphatic heterocycles. The third-order valence-electron chi connectivity index (χ3n) is 5.12. The molecule has 0 atom stereocenters. The van der Waals surface area contributed by atoms with Crippen LogP contribution in [0.3, 0.4) is 0 Å². The highest BCUT2D eigenvalue weighted by Gasteiger charge is 2.32. The van der Waals surface area contributed by atoms with E-state index in [-0.39, 0.29) is 11.1 Å². The molecule has 0 saturated heterocycles. The van der Waals surface area contributed by atoms with Crippen LogP contribution in [-0.2, 0) is 6.42 Å². The molecule has 0 aromatic heterocycles. The van der Waals surface area contributed by atoms with Crippen molar-refractivity contribution in [2.24, 2.45) is 0 Å². The molecule has 0 aliphatic carbocycles. The van der Waals surface area contributed by atoms with E-state index in [9.17, 15) is 17.6 Å². The summed E-state index contributed by atoms with van der Waals surface area (Å²) in [6.45, 7) is 2.08. The topological polar surface area (TPSA) is 9.23 Å². The summed E-state index contributed by atoms with van der Waals surface area (Å²) in [6.07, 6.45) is -4.07. The number of alkyl halides is 3. The Morgan fingerprint density at radius 1 is 0.742 bits per heavy atom. The molecule has 0 N–H and O–H groups in total. The minimum Gasteiger partial charge on any atom is -0.403 e. The zero-order valence-electron chi connectivity index (χ0n) is 16.4. The fourth-order valence-corrected chi connectivity index (χ4v) is 3.50. The maximum Gasteiger partial charge on any atom is 0.573 e. The zero-order valence-corrected chi connectivity index (χ0v) is 16.4. The Labute approximate surface area is 175 Å². The maximum absolute atomic E-state index is 15.2. The number of fused-ring (bicyclic) bond motifs is 1. The normalized spacial score (nSPS) is 11.7. The highest BCUT2D eigenvalue weighted by Crippen LogP contribution is 2.34. The van der Waals surface area contributed by atoms with Gasteiger partial charge in [-0.05, 0) is 52.3 Å². The van der Waals surface area contributed by atoms with Crippen LogP contribution in [0, 0.1) is 11.6 Å². The Balaban J connectivity index is 1.70. The minimum absolute atomic E-state index is 0.0880. The second-order valence-corrected chi connectivity index (χ2v) is 7.11. The molecule has 4 aromatic carbocycles. The first-order valence-corrected chi connectivity index (χ1v) is 9.62. The van der Waals surface area contributed by atoms with Crippen molar-refractivity contribution in [3.8, 4) is 28.0 Å². The van der Waals surface area contributed by atoms with E-state index in [1.165, 1.54) is 17.7 Å². The standard InChI is InChI=1S/C25H17F5O/c1-2-15-3-5-16(6-4-15)17-7-10-20-18(13-17)8-11-21(24(20)27)19-9-12-23(22(26)14-19)31-25(28,29)30/h3-14H,2H2,1H3. The summed E-state index contributed by atoms with van der Waals surface area (Å²) in [7, 11) is 0. The average molecular weight is 428 g/mol. The van der Waals surface area contributed by atoms with Crippen molar-refractivity contribution in [1.82, 2.24) is 0 Å². The lowest BCUT2D eigenvalue weighted by Gasteiger charge is -2.12. The van der Waals surface area contributed by atoms with Gasteiger partial charge in [0, 0.05) is 10.9 Å². The van der Waals surface area contributed by atoms with E-state index in [2.05, 4.69) is 11.7 Å². The first kappa shape index (κ1) is 20.8. The smallest absolute Gasteiger partial charge is 0.403 e. The van der Waals surface area contributed by atoms with E-state index in [0.29, 0.717) is 10.8 Å². The largest absolute Gasteiger partial charge is 0.573 e. The third kappa shape index (κ3) is 4.38. The van der Waals surface area contributed by atoms with Gasteiger partial charge in [-0.3, -0.25) is 0 Å². The number of benzene rings is 4. The second-order valence-electron chi connectivity index (χ2n) is 7.11. The zero-order chi connectivity index (χ0) is 22.2. The van der Waals surface area contributed by atoms with Crippen molar-refractivity contribution >= 4 is 10.8 Å². The van der Waals surface area contributed by atoms with Crippen molar-refractivity contribution < 1.29 is 26.7 Å². The number of aryl methyl sites for hydroxylation is 1. The predicted octanol–water partition coefficient (Wildman–Crippen LogP) is 7.91. The van der Waals surface area contributed by atoms with E-state index < -0.39 is 23.7 Å². The van der Waals surface area contributed by atoms with Gasteiger partial charge in [-0.2, -0.15) is 0 Å². The summed E-state index contributed by atoms with van der Waals surface area (Å²) >= 11 is 0. The van der Waals surface area contributed by atoms with Gasteiger partial charge < -0.3 is 4.74 Å². The molecule has 0 radical (unpaired) electrons. The molecule has 0 fully saturated rings. The average Bonchev–Trinajstić information content (AvgIpc) is 2.74. The van der Waals surface area contributed by atoms with Gasteiger partial charge in [0.25, 0.3) is 0 Å². The van der Waals surface area contributed by atoms with E-state index in [4.69, 9.17) is 0 Å². The molecule has 0 amide bonds. The molecule has 0 bridgehead atoms. The minimum atomic E-state index is -5.01. The summed E-state index contributed by atoms with van der Waals surface area (Å²) in [6, 6.07) is 19.5. The molecule has 158 valence electrons. The van der Waals surface area contributed by atoms with Crippen LogP contribution in [0.25, 0.3) is 33.0 Å². The van der Waals surface area contributed by atoms with Crippen LogP contribution in [0.4, 0.5) is 22.0 Å². The van der Waals surface area contributed by atoms with Crippen LogP contribution in [-0.4, -0.2) is 6.36 Å². The molecule has 4 aromatic rings. The van der Waals surface area contributed by atoms with Gasteiger partial charge in [-0.15, -0.1) is 13.2 Å². The number of halogens is 5. The SMILES string of the molecule is CCc1ccc(-c2ccc3c(F)c(-c4ccc(OC(F)(F)F)c(F)c4)ccc3c2)cc1. The van der Waals surface area contributed by atoms with Crippen LogP contribution >= 0.6 is 0 Å². The fraction of sp³-hybridized carbons (Fsp3) is 0.120. The summed E-state index contributed by atoms with van der Waals surface area (Å²) < 4.78 is 69.8. The molecule has 31 heavy (non-hydrogen) atoms. The quantitative estimate of drug-likeness (QED) is 0.300. The molecule has 0 unspecified atom stereocenters. The second kappa shape index (κ2) is 8.02. The molecule has 6 heteroatoms. The molecule has 0 saturated carbocycles. The summed E-state index contributed by atoms with van der Waals surface area (Å²) in [5, 5.41) is 0.998. The van der Waals surface area contributed by atoms with Gasteiger partial charge in [0.15, 0.2) is 11.6 Å². The first-order chi connectivity index (χ1) is 14.7. The molecule has 1 nitrogen and oxygen atoms in total. The van der Waals surface area contributed by atoms with Crippen LogP contribution in [0.1, 0.15) is 12.5 Å². The summed E-state index contributed by atoms with van der Waals surface area (Å²) in [5.74, 6) is -2.76. The lowest BCUT2D eigenvalue weighted by molar-refractivity contribution is -0.275. The highest BCUT2D eigenvalue weighted by atomic mass is 19.4. The Morgan fingerprint density at radius 3 is 2.06 bits per heavy atom. The van der Waals surface area contributed by atoms with Gasteiger partial charge in [-0.1, -0.05) is 61.5 Å². The Bertz CT molecular complexity index is 1240. The van der Waals surface area contributed by atoms with Crippen molar-refractivity contribution in [2.75, 3.05) is 0 Å². The summed E-state index contributed by atoms with van der Waals surface area (Å²) in [5.41, 5.74) is 3.36. The summed E-state index contributed by atoms with van der Waals surface area (Å²) in [4.78, 5) is 0. The van der Waals surface area contributed by atoms with Gasteiger partial charge in [-0.25, -0.2) is 8.78 Å². The molecular formula is C25H17F5O. The van der Waals surface area contributed by atoms with Gasteiger partial charge in [0.05, 0.1) is 0 Å². The monoisotopic (exact) mass is 428 g/mol. The number of ether oxygens (including phenoxy) is 1.